The van der Waals surface area contributed by atoms with Crippen molar-refractivity contribution >= 4 is 11.2 Å². The molecule has 3 rings (SSSR count). The van der Waals surface area contributed by atoms with Crippen LogP contribution < -0.4 is 5.32 Å². The lowest BCUT2D eigenvalue weighted by molar-refractivity contribution is 0.186. The Morgan fingerprint density at radius 1 is 1.50 bits per heavy atom. The molecule has 0 saturated carbocycles. The Labute approximate surface area is 119 Å². The quantitative estimate of drug-likeness (QED) is 0.900. The van der Waals surface area contributed by atoms with Crippen LogP contribution in [0.5, 0.6) is 0 Å². The lowest BCUT2D eigenvalue weighted by Gasteiger charge is -2.22. The van der Waals surface area contributed by atoms with Gasteiger partial charge < -0.3 is 14.6 Å². The summed E-state index contributed by atoms with van der Waals surface area (Å²) in [6.45, 7) is 3.76. The van der Waals surface area contributed by atoms with Crippen molar-refractivity contribution in [2.75, 3.05) is 26.8 Å². The minimum Gasteiger partial charge on any atom is -0.383 e. The number of ether oxygens (including phenoxy) is 1. The van der Waals surface area contributed by atoms with E-state index in [-0.39, 0.29) is 0 Å². The van der Waals surface area contributed by atoms with Gasteiger partial charge in [-0.3, -0.25) is 0 Å². The Kier molecular flexibility index (Phi) is 4.28. The van der Waals surface area contributed by atoms with Crippen LogP contribution in [0, 0.1) is 5.92 Å². The topological polar surface area (TPSA) is 52.0 Å². The van der Waals surface area contributed by atoms with Crippen molar-refractivity contribution < 1.29 is 4.74 Å². The molecule has 5 nitrogen and oxygen atoms in total. The minimum atomic E-state index is 0.682. The minimum absolute atomic E-state index is 0.682. The van der Waals surface area contributed by atoms with E-state index in [0.29, 0.717) is 12.5 Å². The Morgan fingerprint density at radius 3 is 3.25 bits per heavy atom. The number of aromatic nitrogens is 3. The van der Waals surface area contributed by atoms with Gasteiger partial charge in [0.2, 0.25) is 0 Å². The monoisotopic (exact) mass is 274 g/mol. The zero-order valence-electron chi connectivity index (χ0n) is 12.0. The Hall–Kier alpha value is -1.46. The highest BCUT2D eigenvalue weighted by molar-refractivity contribution is 5.71. The number of hydrogen-bond donors (Lipinski definition) is 1. The highest BCUT2D eigenvalue weighted by Gasteiger charge is 2.18. The maximum Gasteiger partial charge on any atom is 0.160 e. The van der Waals surface area contributed by atoms with E-state index in [1.54, 1.807) is 7.11 Å². The number of nitrogens with one attached hydrogen (secondary N) is 1. The van der Waals surface area contributed by atoms with Gasteiger partial charge in [0, 0.05) is 26.3 Å². The van der Waals surface area contributed by atoms with Crippen molar-refractivity contribution in [1.29, 1.82) is 0 Å². The highest BCUT2D eigenvalue weighted by Crippen LogP contribution is 2.20. The molecular formula is C15H22N4O. The van der Waals surface area contributed by atoms with Crippen molar-refractivity contribution in [3.63, 3.8) is 0 Å². The fraction of sp³-hybridized carbons (Fsp3) is 0.600. The summed E-state index contributed by atoms with van der Waals surface area (Å²) in [6, 6.07) is 3.98. The number of imidazole rings is 1. The van der Waals surface area contributed by atoms with E-state index in [9.17, 15) is 0 Å². The van der Waals surface area contributed by atoms with E-state index in [2.05, 4.69) is 14.9 Å². The number of rotatable bonds is 5. The summed E-state index contributed by atoms with van der Waals surface area (Å²) in [5, 5.41) is 3.47. The maximum atomic E-state index is 5.22. The lowest BCUT2D eigenvalue weighted by Crippen LogP contribution is -2.31. The number of hydrogen-bond acceptors (Lipinski definition) is 4. The lowest BCUT2D eigenvalue weighted by atomic mass is 9.96. The van der Waals surface area contributed by atoms with Crippen molar-refractivity contribution in [1.82, 2.24) is 19.9 Å². The average molecular weight is 274 g/mol. The third-order valence-electron chi connectivity index (χ3n) is 3.97. The van der Waals surface area contributed by atoms with Crippen LogP contribution in [0.4, 0.5) is 0 Å². The van der Waals surface area contributed by atoms with Crippen LogP contribution in [0.15, 0.2) is 18.3 Å². The van der Waals surface area contributed by atoms with Gasteiger partial charge in [0.1, 0.15) is 11.3 Å². The standard InChI is InChI=1S/C15H22N4O/c1-20-9-8-19-14(10-12-4-2-6-16-11-12)18-13-5-3-7-17-15(13)19/h3,5,7,12,16H,2,4,6,8-11H2,1H3. The number of fused-ring (bicyclic) bond motifs is 1. The van der Waals surface area contributed by atoms with E-state index in [1.807, 2.05) is 18.3 Å². The first-order chi connectivity index (χ1) is 9.88. The van der Waals surface area contributed by atoms with Gasteiger partial charge in [-0.05, 0) is 44.0 Å². The summed E-state index contributed by atoms with van der Waals surface area (Å²) < 4.78 is 7.44. The van der Waals surface area contributed by atoms with Crippen LogP contribution in [0.25, 0.3) is 11.2 Å². The first-order valence-electron chi connectivity index (χ1n) is 7.38. The van der Waals surface area contributed by atoms with Crippen LogP contribution in [-0.2, 0) is 17.7 Å². The molecular weight excluding hydrogens is 252 g/mol. The molecule has 0 aliphatic carbocycles. The summed E-state index contributed by atoms with van der Waals surface area (Å²) in [5.74, 6) is 1.83. The number of methoxy groups -OCH3 is 1. The molecule has 1 unspecified atom stereocenters. The summed E-state index contributed by atoms with van der Waals surface area (Å²) in [7, 11) is 1.73. The van der Waals surface area contributed by atoms with E-state index >= 15 is 0 Å². The summed E-state index contributed by atoms with van der Waals surface area (Å²) in [5.41, 5.74) is 1.96. The van der Waals surface area contributed by atoms with Crippen LogP contribution in [-0.4, -0.2) is 41.3 Å². The molecule has 2 aromatic rings. The smallest absolute Gasteiger partial charge is 0.160 e. The molecule has 108 valence electrons. The predicted molar refractivity (Wildman–Crippen MR) is 78.7 cm³/mol. The fourth-order valence-electron chi connectivity index (χ4n) is 2.94. The van der Waals surface area contributed by atoms with Crippen molar-refractivity contribution in [2.24, 2.45) is 5.92 Å². The largest absolute Gasteiger partial charge is 0.383 e. The maximum absolute atomic E-state index is 5.22. The SMILES string of the molecule is COCCn1c(CC2CCCNC2)nc2cccnc21. The molecule has 1 aliphatic rings. The van der Waals surface area contributed by atoms with Gasteiger partial charge in [-0.1, -0.05) is 0 Å². The predicted octanol–water partition coefficient (Wildman–Crippen LogP) is 1.62. The van der Waals surface area contributed by atoms with Gasteiger partial charge in [-0.2, -0.15) is 0 Å². The Bertz CT molecular complexity index is 560. The van der Waals surface area contributed by atoms with Gasteiger partial charge in [0.25, 0.3) is 0 Å². The Balaban J connectivity index is 1.87. The van der Waals surface area contributed by atoms with Crippen LogP contribution in [0.3, 0.4) is 0 Å². The summed E-state index contributed by atoms with van der Waals surface area (Å²) in [6.07, 6.45) is 5.40. The molecule has 0 radical (unpaired) electrons. The summed E-state index contributed by atoms with van der Waals surface area (Å²) >= 11 is 0. The molecule has 2 aromatic heterocycles. The first-order valence-corrected chi connectivity index (χ1v) is 7.38. The molecule has 1 atom stereocenters. The molecule has 20 heavy (non-hydrogen) atoms. The van der Waals surface area contributed by atoms with Crippen LogP contribution in [0.2, 0.25) is 0 Å². The van der Waals surface area contributed by atoms with E-state index in [0.717, 1.165) is 43.0 Å². The third kappa shape index (κ3) is 2.83. The highest BCUT2D eigenvalue weighted by atomic mass is 16.5. The van der Waals surface area contributed by atoms with Crippen LogP contribution >= 0.6 is 0 Å². The van der Waals surface area contributed by atoms with Crippen molar-refractivity contribution in [3.05, 3.63) is 24.2 Å². The fourth-order valence-corrected chi connectivity index (χ4v) is 2.94. The molecule has 0 aromatic carbocycles. The third-order valence-corrected chi connectivity index (χ3v) is 3.97. The van der Waals surface area contributed by atoms with Crippen LogP contribution in [0.1, 0.15) is 18.7 Å². The van der Waals surface area contributed by atoms with E-state index < -0.39 is 0 Å². The van der Waals surface area contributed by atoms with Gasteiger partial charge in [-0.25, -0.2) is 9.97 Å². The molecule has 0 amide bonds. The number of nitrogens with zero attached hydrogens (tertiary/aromatic N) is 3. The number of pyridine rings is 1. The Morgan fingerprint density at radius 2 is 2.45 bits per heavy atom. The molecule has 0 bridgehead atoms. The van der Waals surface area contributed by atoms with Gasteiger partial charge in [-0.15, -0.1) is 0 Å². The first kappa shape index (κ1) is 13.5. The van der Waals surface area contributed by atoms with Crippen molar-refractivity contribution in [3.8, 4) is 0 Å². The zero-order valence-corrected chi connectivity index (χ0v) is 12.0. The van der Waals surface area contributed by atoms with Gasteiger partial charge in [0.05, 0.1) is 6.61 Å². The van der Waals surface area contributed by atoms with E-state index in [1.165, 1.54) is 12.8 Å². The normalized spacial score (nSPS) is 19.6. The molecule has 1 N–H and O–H groups in total. The van der Waals surface area contributed by atoms with Gasteiger partial charge >= 0.3 is 0 Å². The number of piperidine rings is 1. The summed E-state index contributed by atoms with van der Waals surface area (Å²) in [4.78, 5) is 9.25. The average Bonchev–Trinajstić information content (AvgIpc) is 2.83. The second kappa shape index (κ2) is 6.33. The molecule has 1 aliphatic heterocycles. The molecule has 1 fully saturated rings. The van der Waals surface area contributed by atoms with Crippen molar-refractivity contribution in [2.45, 2.75) is 25.8 Å². The molecule has 1 saturated heterocycles. The van der Waals surface area contributed by atoms with Gasteiger partial charge in [0.15, 0.2) is 5.65 Å². The zero-order chi connectivity index (χ0) is 13.8. The molecule has 0 spiro atoms. The second-order valence-electron chi connectivity index (χ2n) is 5.44. The second-order valence-corrected chi connectivity index (χ2v) is 5.44. The molecule has 3 heterocycles. The van der Waals surface area contributed by atoms with E-state index in [4.69, 9.17) is 9.72 Å². The molecule has 5 heteroatoms.